The van der Waals surface area contributed by atoms with E-state index in [1.165, 1.54) is 38.5 Å². The first-order valence-corrected chi connectivity index (χ1v) is 7.79. The van der Waals surface area contributed by atoms with Gasteiger partial charge in [-0.05, 0) is 26.3 Å². The first-order valence-electron chi connectivity index (χ1n) is 7.79. The summed E-state index contributed by atoms with van der Waals surface area (Å²) in [5.41, 5.74) is 0. The van der Waals surface area contributed by atoms with Crippen LogP contribution in [0.3, 0.4) is 0 Å². The van der Waals surface area contributed by atoms with Gasteiger partial charge >= 0.3 is 0 Å². The first kappa shape index (κ1) is 14.5. The van der Waals surface area contributed by atoms with E-state index in [2.05, 4.69) is 36.2 Å². The molecular weight excluding hydrogens is 238 g/mol. The van der Waals surface area contributed by atoms with Gasteiger partial charge in [-0.25, -0.2) is 0 Å². The topological polar surface area (TPSA) is 51.0 Å². The van der Waals surface area contributed by atoms with Crippen LogP contribution in [0.2, 0.25) is 0 Å². The zero-order valence-corrected chi connectivity index (χ0v) is 12.5. The van der Waals surface area contributed by atoms with Crippen LogP contribution >= 0.6 is 0 Å². The van der Waals surface area contributed by atoms with E-state index in [1.54, 1.807) is 0 Å². The van der Waals surface area contributed by atoms with E-state index >= 15 is 0 Å². The summed E-state index contributed by atoms with van der Waals surface area (Å²) in [5.74, 6) is 2.51. The number of hydrogen-bond donors (Lipinski definition) is 1. The molecule has 0 bridgehead atoms. The molecule has 2 atom stereocenters. The number of aromatic nitrogens is 2. The van der Waals surface area contributed by atoms with E-state index in [-0.39, 0.29) is 5.92 Å². The normalized spacial score (nSPS) is 21.0. The van der Waals surface area contributed by atoms with Crippen LogP contribution in [0.15, 0.2) is 4.52 Å². The molecule has 1 aromatic rings. The van der Waals surface area contributed by atoms with Gasteiger partial charge in [-0.15, -0.1) is 0 Å². The molecule has 0 aliphatic heterocycles. The lowest BCUT2D eigenvalue weighted by atomic mass is 9.99. The van der Waals surface area contributed by atoms with Crippen molar-refractivity contribution in [3.05, 3.63) is 11.7 Å². The van der Waals surface area contributed by atoms with Crippen molar-refractivity contribution >= 4 is 0 Å². The Morgan fingerprint density at radius 3 is 2.53 bits per heavy atom. The molecule has 19 heavy (non-hydrogen) atoms. The van der Waals surface area contributed by atoms with E-state index in [0.29, 0.717) is 12.0 Å². The van der Waals surface area contributed by atoms with Crippen LogP contribution < -0.4 is 5.32 Å². The predicted molar refractivity (Wildman–Crippen MR) is 76.3 cm³/mol. The maximum atomic E-state index is 5.49. The quantitative estimate of drug-likeness (QED) is 0.826. The molecule has 0 spiro atoms. The zero-order chi connectivity index (χ0) is 13.7. The Morgan fingerprint density at radius 1 is 1.21 bits per heavy atom. The van der Waals surface area contributed by atoms with Gasteiger partial charge in [0.15, 0.2) is 5.82 Å². The van der Waals surface area contributed by atoms with Gasteiger partial charge in [0.25, 0.3) is 0 Å². The van der Waals surface area contributed by atoms with Crippen LogP contribution in [0.5, 0.6) is 0 Å². The van der Waals surface area contributed by atoms with Crippen LogP contribution in [0.4, 0.5) is 0 Å². The summed E-state index contributed by atoms with van der Waals surface area (Å²) in [6, 6.07) is 0.368. The number of likely N-dealkylation sites (N-methyl/N-ethyl adjacent to an activating group) is 1. The minimum atomic E-state index is 0.270. The molecule has 0 saturated heterocycles. The van der Waals surface area contributed by atoms with Crippen LogP contribution in [0, 0.1) is 0 Å². The fourth-order valence-electron chi connectivity index (χ4n) is 2.85. The van der Waals surface area contributed by atoms with Gasteiger partial charge in [0, 0.05) is 12.0 Å². The number of nitrogens with one attached hydrogen (secondary N) is 1. The molecule has 0 radical (unpaired) electrons. The molecule has 0 aromatic carbocycles. The molecule has 0 amide bonds. The highest BCUT2D eigenvalue weighted by atomic mass is 16.5. The number of hydrogen-bond acceptors (Lipinski definition) is 4. The Bertz CT molecular complexity index is 369. The molecule has 1 aromatic heterocycles. The standard InChI is InChI=1S/C15H27N3O/c1-4-16-12(3)11(2)15-17-14(18-19-15)13-9-7-5-6-8-10-13/h11-13,16H,4-10H2,1-3H3. The van der Waals surface area contributed by atoms with Gasteiger partial charge in [0.1, 0.15) is 0 Å². The third kappa shape index (κ3) is 3.78. The average molecular weight is 265 g/mol. The van der Waals surface area contributed by atoms with Crippen molar-refractivity contribution in [3.63, 3.8) is 0 Å². The maximum Gasteiger partial charge on any atom is 0.231 e. The number of rotatable bonds is 5. The van der Waals surface area contributed by atoms with Crippen LogP contribution in [-0.4, -0.2) is 22.7 Å². The predicted octanol–water partition coefficient (Wildman–Crippen LogP) is 3.61. The molecule has 1 fully saturated rings. The largest absolute Gasteiger partial charge is 0.339 e. The molecule has 1 aliphatic rings. The molecule has 1 N–H and O–H groups in total. The zero-order valence-electron chi connectivity index (χ0n) is 12.5. The molecule has 1 heterocycles. The molecule has 4 nitrogen and oxygen atoms in total. The highest BCUT2D eigenvalue weighted by molar-refractivity contribution is 5.01. The summed E-state index contributed by atoms with van der Waals surface area (Å²) < 4.78 is 5.49. The molecule has 108 valence electrons. The summed E-state index contributed by atoms with van der Waals surface area (Å²) >= 11 is 0. The van der Waals surface area contributed by atoms with Crippen molar-refractivity contribution in [2.24, 2.45) is 0 Å². The minimum Gasteiger partial charge on any atom is -0.339 e. The highest BCUT2D eigenvalue weighted by Crippen LogP contribution is 2.30. The smallest absolute Gasteiger partial charge is 0.231 e. The van der Waals surface area contributed by atoms with Crippen molar-refractivity contribution in [1.29, 1.82) is 0 Å². The lowest BCUT2D eigenvalue weighted by Gasteiger charge is -2.16. The summed E-state index contributed by atoms with van der Waals surface area (Å²) in [6.07, 6.45) is 7.76. The summed E-state index contributed by atoms with van der Waals surface area (Å²) in [7, 11) is 0. The van der Waals surface area contributed by atoms with Gasteiger partial charge in [-0.2, -0.15) is 4.98 Å². The van der Waals surface area contributed by atoms with E-state index in [0.717, 1.165) is 18.3 Å². The van der Waals surface area contributed by atoms with Gasteiger partial charge in [0.05, 0.1) is 5.92 Å². The first-order chi connectivity index (χ1) is 9.22. The molecule has 1 aliphatic carbocycles. The van der Waals surface area contributed by atoms with Crippen LogP contribution in [0.1, 0.15) is 82.8 Å². The van der Waals surface area contributed by atoms with E-state index in [4.69, 9.17) is 4.52 Å². The van der Waals surface area contributed by atoms with Gasteiger partial charge < -0.3 is 9.84 Å². The van der Waals surface area contributed by atoms with Crippen molar-refractivity contribution in [2.75, 3.05) is 6.54 Å². The fourth-order valence-corrected chi connectivity index (χ4v) is 2.85. The Labute approximate surface area is 116 Å². The minimum absolute atomic E-state index is 0.270. The highest BCUT2D eigenvalue weighted by Gasteiger charge is 2.24. The van der Waals surface area contributed by atoms with Gasteiger partial charge in [-0.1, -0.05) is 44.7 Å². The third-order valence-electron chi connectivity index (χ3n) is 4.34. The summed E-state index contributed by atoms with van der Waals surface area (Å²) in [4.78, 5) is 4.66. The van der Waals surface area contributed by atoms with Gasteiger partial charge in [0.2, 0.25) is 5.89 Å². The maximum absolute atomic E-state index is 5.49. The molecular formula is C15H27N3O. The van der Waals surface area contributed by atoms with E-state index < -0.39 is 0 Å². The Morgan fingerprint density at radius 2 is 1.89 bits per heavy atom. The lowest BCUT2D eigenvalue weighted by molar-refractivity contribution is 0.327. The second-order valence-corrected chi connectivity index (χ2v) is 5.81. The second kappa shape index (κ2) is 7.04. The van der Waals surface area contributed by atoms with Crippen LogP contribution in [-0.2, 0) is 0 Å². The van der Waals surface area contributed by atoms with Crippen molar-refractivity contribution < 1.29 is 4.52 Å². The molecule has 2 unspecified atom stereocenters. The monoisotopic (exact) mass is 265 g/mol. The number of nitrogens with zero attached hydrogens (tertiary/aromatic N) is 2. The Kier molecular flexibility index (Phi) is 5.37. The average Bonchev–Trinajstić information content (AvgIpc) is 2.74. The summed E-state index contributed by atoms with van der Waals surface area (Å²) in [5, 5.41) is 7.65. The third-order valence-corrected chi connectivity index (χ3v) is 4.34. The van der Waals surface area contributed by atoms with E-state index in [1.807, 2.05) is 0 Å². The van der Waals surface area contributed by atoms with Gasteiger partial charge in [-0.3, -0.25) is 0 Å². The summed E-state index contributed by atoms with van der Waals surface area (Å²) in [6.45, 7) is 7.41. The van der Waals surface area contributed by atoms with Crippen molar-refractivity contribution in [2.45, 2.75) is 77.2 Å². The molecule has 1 saturated carbocycles. The fraction of sp³-hybridized carbons (Fsp3) is 0.867. The van der Waals surface area contributed by atoms with E-state index in [9.17, 15) is 0 Å². The van der Waals surface area contributed by atoms with Crippen molar-refractivity contribution in [3.8, 4) is 0 Å². The second-order valence-electron chi connectivity index (χ2n) is 5.81. The Hall–Kier alpha value is -0.900. The lowest BCUT2D eigenvalue weighted by Crippen LogP contribution is -2.30. The molecule has 2 rings (SSSR count). The SMILES string of the molecule is CCNC(C)C(C)c1nc(C2CCCCCC2)no1. The Balaban J connectivity index is 2.01. The van der Waals surface area contributed by atoms with Crippen LogP contribution in [0.25, 0.3) is 0 Å². The van der Waals surface area contributed by atoms with Crippen molar-refractivity contribution in [1.82, 2.24) is 15.5 Å². The molecule has 4 heteroatoms.